The van der Waals surface area contributed by atoms with E-state index in [9.17, 15) is 14.3 Å². The number of hydrogen-bond donors (Lipinski definition) is 2. The van der Waals surface area contributed by atoms with Gasteiger partial charge in [0.2, 0.25) is 0 Å². The molecule has 1 amide bonds. The summed E-state index contributed by atoms with van der Waals surface area (Å²) >= 11 is 8.05. The molecule has 19 heavy (non-hydrogen) atoms. The Labute approximate surface area is 127 Å². The van der Waals surface area contributed by atoms with Gasteiger partial charge in [-0.05, 0) is 52.9 Å². The molecular formula is C13H8ClFINO2. The average Bonchev–Trinajstić information content (AvgIpc) is 2.32. The lowest BCUT2D eigenvalue weighted by Gasteiger charge is -2.09. The molecule has 2 N–H and O–H groups in total. The molecule has 0 atom stereocenters. The zero-order valence-corrected chi connectivity index (χ0v) is 12.4. The molecule has 6 heteroatoms. The SMILES string of the molecule is O=C(Nc1ccc(I)cc1Cl)c1c(O)cccc1F. The van der Waals surface area contributed by atoms with Crippen LogP contribution in [0.1, 0.15) is 10.4 Å². The summed E-state index contributed by atoms with van der Waals surface area (Å²) in [5.41, 5.74) is -0.0492. The fourth-order valence-electron chi connectivity index (χ4n) is 1.51. The van der Waals surface area contributed by atoms with Crippen LogP contribution in [0.15, 0.2) is 36.4 Å². The Bertz CT molecular complexity index is 628. The van der Waals surface area contributed by atoms with Crippen LogP contribution in [0.3, 0.4) is 0 Å². The number of hydrogen-bond acceptors (Lipinski definition) is 2. The molecule has 0 saturated heterocycles. The number of amides is 1. The number of aromatic hydroxyl groups is 1. The molecule has 0 radical (unpaired) electrons. The van der Waals surface area contributed by atoms with Crippen molar-refractivity contribution in [1.82, 2.24) is 0 Å². The molecule has 3 nitrogen and oxygen atoms in total. The van der Waals surface area contributed by atoms with E-state index < -0.39 is 23.0 Å². The average molecular weight is 392 g/mol. The van der Waals surface area contributed by atoms with Gasteiger partial charge in [-0.15, -0.1) is 0 Å². The monoisotopic (exact) mass is 391 g/mol. The van der Waals surface area contributed by atoms with Gasteiger partial charge in [-0.2, -0.15) is 0 Å². The standard InChI is InChI=1S/C13H8ClFINO2/c14-8-6-7(16)4-5-10(8)17-13(19)12-9(15)2-1-3-11(12)18/h1-6,18H,(H,17,19). The summed E-state index contributed by atoms with van der Waals surface area (Å²) in [6.07, 6.45) is 0. The van der Waals surface area contributed by atoms with Crippen LogP contribution in [0.2, 0.25) is 5.02 Å². The van der Waals surface area contributed by atoms with Crippen molar-refractivity contribution in [3.8, 4) is 5.75 Å². The van der Waals surface area contributed by atoms with Gasteiger partial charge in [0.25, 0.3) is 5.91 Å². The third-order valence-electron chi connectivity index (χ3n) is 2.40. The molecular weight excluding hydrogens is 384 g/mol. The van der Waals surface area contributed by atoms with E-state index in [1.54, 1.807) is 18.2 Å². The predicted molar refractivity (Wildman–Crippen MR) is 80.2 cm³/mol. The molecule has 2 aromatic carbocycles. The molecule has 0 unspecified atom stereocenters. The minimum Gasteiger partial charge on any atom is -0.507 e. The number of carbonyl (C=O) groups is 1. The molecule has 0 saturated carbocycles. The molecule has 0 aliphatic rings. The van der Waals surface area contributed by atoms with E-state index >= 15 is 0 Å². The molecule has 98 valence electrons. The Morgan fingerprint density at radius 3 is 2.68 bits per heavy atom. The second-order valence-corrected chi connectivity index (χ2v) is 5.37. The summed E-state index contributed by atoms with van der Waals surface area (Å²) < 4.78 is 14.4. The van der Waals surface area contributed by atoms with Gasteiger partial charge < -0.3 is 10.4 Å². The molecule has 0 heterocycles. The highest BCUT2D eigenvalue weighted by Crippen LogP contribution is 2.26. The summed E-state index contributed by atoms with van der Waals surface area (Å²) in [4.78, 5) is 11.9. The van der Waals surface area contributed by atoms with Gasteiger partial charge in [0.1, 0.15) is 17.1 Å². The van der Waals surface area contributed by atoms with E-state index in [1.807, 2.05) is 0 Å². The summed E-state index contributed by atoms with van der Waals surface area (Å²) in [5, 5.41) is 12.3. The second kappa shape index (κ2) is 5.75. The normalized spacial score (nSPS) is 10.3. The smallest absolute Gasteiger partial charge is 0.262 e. The van der Waals surface area contributed by atoms with E-state index in [4.69, 9.17) is 11.6 Å². The maximum atomic E-state index is 13.5. The van der Waals surface area contributed by atoms with Crippen LogP contribution in [0, 0.1) is 9.39 Å². The van der Waals surface area contributed by atoms with Crippen molar-refractivity contribution in [2.75, 3.05) is 5.32 Å². The van der Waals surface area contributed by atoms with Gasteiger partial charge in [0, 0.05) is 3.57 Å². The van der Waals surface area contributed by atoms with E-state index in [0.717, 1.165) is 9.64 Å². The van der Waals surface area contributed by atoms with Crippen molar-refractivity contribution in [2.45, 2.75) is 0 Å². The third-order valence-corrected chi connectivity index (χ3v) is 3.38. The van der Waals surface area contributed by atoms with E-state index in [-0.39, 0.29) is 0 Å². The van der Waals surface area contributed by atoms with Crippen LogP contribution in [0.25, 0.3) is 0 Å². The highest BCUT2D eigenvalue weighted by molar-refractivity contribution is 14.1. The highest BCUT2D eigenvalue weighted by Gasteiger charge is 2.17. The Morgan fingerprint density at radius 1 is 1.32 bits per heavy atom. The minimum atomic E-state index is -0.792. The third kappa shape index (κ3) is 3.16. The lowest BCUT2D eigenvalue weighted by Crippen LogP contribution is -2.14. The first-order valence-electron chi connectivity index (χ1n) is 5.23. The molecule has 0 spiro atoms. The Kier molecular flexibility index (Phi) is 4.26. The van der Waals surface area contributed by atoms with Crippen LogP contribution in [0.4, 0.5) is 10.1 Å². The number of anilines is 1. The number of phenols is 1. The summed E-state index contributed by atoms with van der Waals surface area (Å²) in [6.45, 7) is 0. The lowest BCUT2D eigenvalue weighted by molar-refractivity contribution is 0.102. The zero-order chi connectivity index (χ0) is 14.0. The summed E-state index contributed by atoms with van der Waals surface area (Å²) in [7, 11) is 0. The van der Waals surface area contributed by atoms with Crippen LogP contribution < -0.4 is 5.32 Å². The van der Waals surface area contributed by atoms with E-state index in [0.29, 0.717) is 10.7 Å². The van der Waals surface area contributed by atoms with Crippen molar-refractivity contribution in [1.29, 1.82) is 0 Å². The largest absolute Gasteiger partial charge is 0.507 e. The molecule has 0 fully saturated rings. The number of halogens is 3. The van der Waals surface area contributed by atoms with Gasteiger partial charge in [-0.1, -0.05) is 17.7 Å². The van der Waals surface area contributed by atoms with Crippen LogP contribution >= 0.6 is 34.2 Å². The maximum absolute atomic E-state index is 13.5. The van der Waals surface area contributed by atoms with Gasteiger partial charge in [0.05, 0.1) is 10.7 Å². The molecule has 0 aromatic heterocycles. The lowest BCUT2D eigenvalue weighted by atomic mass is 10.1. The van der Waals surface area contributed by atoms with Crippen LogP contribution in [-0.4, -0.2) is 11.0 Å². The van der Waals surface area contributed by atoms with Crippen molar-refractivity contribution >= 4 is 45.8 Å². The quantitative estimate of drug-likeness (QED) is 0.759. The minimum absolute atomic E-state index is 0.344. The second-order valence-electron chi connectivity index (χ2n) is 3.71. The van der Waals surface area contributed by atoms with Gasteiger partial charge in [-0.3, -0.25) is 4.79 Å². The van der Waals surface area contributed by atoms with Crippen LogP contribution in [0.5, 0.6) is 5.75 Å². The predicted octanol–water partition coefficient (Wildman–Crippen LogP) is 4.04. The van der Waals surface area contributed by atoms with Crippen molar-refractivity contribution < 1.29 is 14.3 Å². The number of nitrogens with one attached hydrogen (secondary N) is 1. The number of rotatable bonds is 2. The Balaban J connectivity index is 2.31. The van der Waals surface area contributed by atoms with Gasteiger partial charge >= 0.3 is 0 Å². The topological polar surface area (TPSA) is 49.3 Å². The maximum Gasteiger partial charge on any atom is 0.262 e. The number of phenolic OH excluding ortho intramolecular Hbond substituents is 1. The van der Waals surface area contributed by atoms with Crippen molar-refractivity contribution in [3.05, 3.63) is 56.4 Å². The van der Waals surface area contributed by atoms with Gasteiger partial charge in [0.15, 0.2) is 0 Å². The molecule has 2 rings (SSSR count). The molecule has 2 aromatic rings. The number of benzene rings is 2. The Morgan fingerprint density at radius 2 is 2.05 bits per heavy atom. The van der Waals surface area contributed by atoms with Crippen LogP contribution in [-0.2, 0) is 0 Å². The fourth-order valence-corrected chi connectivity index (χ4v) is 2.42. The number of carbonyl (C=O) groups excluding carboxylic acids is 1. The molecule has 0 aliphatic heterocycles. The fraction of sp³-hybridized carbons (Fsp3) is 0. The first-order valence-corrected chi connectivity index (χ1v) is 6.68. The van der Waals surface area contributed by atoms with Crippen molar-refractivity contribution in [2.24, 2.45) is 0 Å². The highest BCUT2D eigenvalue weighted by atomic mass is 127. The molecule has 0 aliphatic carbocycles. The summed E-state index contributed by atoms with van der Waals surface area (Å²) in [5.74, 6) is -1.96. The summed E-state index contributed by atoms with van der Waals surface area (Å²) in [6, 6.07) is 8.69. The van der Waals surface area contributed by atoms with E-state index in [2.05, 4.69) is 27.9 Å². The van der Waals surface area contributed by atoms with E-state index in [1.165, 1.54) is 12.1 Å². The van der Waals surface area contributed by atoms with Crippen molar-refractivity contribution in [3.63, 3.8) is 0 Å². The zero-order valence-electron chi connectivity index (χ0n) is 9.45. The Hall–Kier alpha value is -1.34. The van der Waals surface area contributed by atoms with Gasteiger partial charge in [-0.25, -0.2) is 4.39 Å². The first-order chi connectivity index (χ1) is 8.99. The first kappa shape index (κ1) is 14.1. The molecule has 0 bridgehead atoms.